The second-order valence-corrected chi connectivity index (χ2v) is 5.63. The van der Waals surface area contributed by atoms with Gasteiger partial charge in [0.2, 0.25) is 5.91 Å². The number of nitrogens with zero attached hydrogens (tertiary/aromatic N) is 1. The minimum atomic E-state index is -1.12. The predicted octanol–water partition coefficient (Wildman–Crippen LogP) is 0.161. The first kappa shape index (κ1) is 14.6. The van der Waals surface area contributed by atoms with Gasteiger partial charge in [0.25, 0.3) is 0 Å². The largest absolute Gasteiger partial charge is 0.480 e. The SMILES string of the molecule is CC1(C(=O)O)CCCN1C(=O)NCCNC(=O)C1CC1. The van der Waals surface area contributed by atoms with Crippen LogP contribution in [0.5, 0.6) is 0 Å². The smallest absolute Gasteiger partial charge is 0.329 e. The summed E-state index contributed by atoms with van der Waals surface area (Å²) in [5, 5.41) is 14.6. The van der Waals surface area contributed by atoms with Gasteiger partial charge in [-0.3, -0.25) is 4.79 Å². The van der Waals surface area contributed by atoms with E-state index in [1.165, 1.54) is 4.90 Å². The number of rotatable bonds is 5. The molecule has 1 atom stereocenters. The summed E-state index contributed by atoms with van der Waals surface area (Å²) in [4.78, 5) is 36.0. The Labute approximate surface area is 117 Å². The molecule has 20 heavy (non-hydrogen) atoms. The van der Waals surface area contributed by atoms with Gasteiger partial charge < -0.3 is 20.6 Å². The lowest BCUT2D eigenvalue weighted by Gasteiger charge is -2.31. The Hall–Kier alpha value is -1.79. The molecule has 7 nitrogen and oxygen atoms in total. The van der Waals surface area contributed by atoms with E-state index in [9.17, 15) is 19.5 Å². The van der Waals surface area contributed by atoms with Gasteiger partial charge in [0, 0.05) is 25.6 Å². The highest BCUT2D eigenvalue weighted by Crippen LogP contribution is 2.29. The standard InChI is InChI=1S/C13H21N3O4/c1-13(11(18)19)5-2-8-16(13)12(20)15-7-6-14-10(17)9-3-4-9/h9H,2-8H2,1H3,(H,14,17)(H,15,20)(H,18,19). The summed E-state index contributed by atoms with van der Waals surface area (Å²) >= 11 is 0. The third kappa shape index (κ3) is 3.02. The minimum Gasteiger partial charge on any atom is -0.480 e. The van der Waals surface area contributed by atoms with E-state index in [4.69, 9.17) is 0 Å². The zero-order valence-corrected chi connectivity index (χ0v) is 11.6. The molecule has 7 heteroatoms. The van der Waals surface area contributed by atoms with Gasteiger partial charge >= 0.3 is 12.0 Å². The number of carbonyl (C=O) groups excluding carboxylic acids is 2. The van der Waals surface area contributed by atoms with Crippen LogP contribution in [0.4, 0.5) is 4.79 Å². The maximum atomic E-state index is 12.0. The van der Waals surface area contributed by atoms with Crippen LogP contribution in [0, 0.1) is 5.92 Å². The number of carboxylic acid groups (broad SMARTS) is 1. The van der Waals surface area contributed by atoms with E-state index in [-0.39, 0.29) is 17.9 Å². The molecule has 1 unspecified atom stereocenters. The molecule has 1 saturated carbocycles. The maximum Gasteiger partial charge on any atom is 0.329 e. The van der Waals surface area contributed by atoms with Gasteiger partial charge in [0.1, 0.15) is 5.54 Å². The van der Waals surface area contributed by atoms with Crippen molar-refractivity contribution in [3.63, 3.8) is 0 Å². The highest BCUT2D eigenvalue weighted by Gasteiger charge is 2.45. The molecular formula is C13H21N3O4. The lowest BCUT2D eigenvalue weighted by Crippen LogP contribution is -2.54. The molecule has 0 bridgehead atoms. The molecule has 0 spiro atoms. The van der Waals surface area contributed by atoms with Gasteiger partial charge in [-0.2, -0.15) is 0 Å². The molecule has 1 saturated heterocycles. The zero-order chi connectivity index (χ0) is 14.8. The first-order valence-electron chi connectivity index (χ1n) is 7.02. The minimum absolute atomic E-state index is 0.0378. The van der Waals surface area contributed by atoms with Crippen molar-refractivity contribution >= 4 is 17.9 Å². The van der Waals surface area contributed by atoms with Gasteiger partial charge in [0.05, 0.1) is 0 Å². The summed E-state index contributed by atoms with van der Waals surface area (Å²) in [6.45, 7) is 2.70. The van der Waals surface area contributed by atoms with E-state index in [0.29, 0.717) is 32.5 Å². The Kier molecular flexibility index (Phi) is 4.15. The molecule has 0 radical (unpaired) electrons. The van der Waals surface area contributed by atoms with Crippen LogP contribution in [-0.2, 0) is 9.59 Å². The summed E-state index contributed by atoms with van der Waals surface area (Å²) in [5.74, 6) is -0.789. The highest BCUT2D eigenvalue weighted by molar-refractivity contribution is 5.86. The third-order valence-electron chi connectivity index (χ3n) is 4.00. The van der Waals surface area contributed by atoms with Crippen LogP contribution < -0.4 is 10.6 Å². The van der Waals surface area contributed by atoms with Crippen LogP contribution in [0.25, 0.3) is 0 Å². The number of hydrogen-bond acceptors (Lipinski definition) is 3. The second-order valence-electron chi connectivity index (χ2n) is 5.63. The van der Waals surface area contributed by atoms with E-state index in [0.717, 1.165) is 12.8 Å². The predicted molar refractivity (Wildman–Crippen MR) is 71.1 cm³/mol. The van der Waals surface area contributed by atoms with Crippen molar-refractivity contribution in [2.75, 3.05) is 19.6 Å². The highest BCUT2D eigenvalue weighted by atomic mass is 16.4. The molecular weight excluding hydrogens is 262 g/mol. The number of amides is 3. The Balaban J connectivity index is 1.73. The topological polar surface area (TPSA) is 98.7 Å². The summed E-state index contributed by atoms with van der Waals surface area (Å²) < 4.78 is 0. The number of nitrogens with one attached hydrogen (secondary N) is 2. The van der Waals surface area contributed by atoms with Crippen LogP contribution in [0.1, 0.15) is 32.6 Å². The van der Waals surface area contributed by atoms with Crippen molar-refractivity contribution in [2.24, 2.45) is 5.92 Å². The van der Waals surface area contributed by atoms with E-state index >= 15 is 0 Å². The molecule has 0 aromatic carbocycles. The number of hydrogen-bond donors (Lipinski definition) is 3. The second kappa shape index (κ2) is 5.68. The van der Waals surface area contributed by atoms with Crippen LogP contribution in [0.3, 0.4) is 0 Å². The van der Waals surface area contributed by atoms with Gasteiger partial charge in [0.15, 0.2) is 0 Å². The number of carboxylic acids is 1. The van der Waals surface area contributed by atoms with Gasteiger partial charge in [-0.05, 0) is 32.6 Å². The lowest BCUT2D eigenvalue weighted by atomic mass is 10.00. The van der Waals surface area contributed by atoms with Gasteiger partial charge in [-0.25, -0.2) is 9.59 Å². The van der Waals surface area contributed by atoms with E-state index in [1.807, 2.05) is 0 Å². The Morgan fingerprint density at radius 2 is 1.90 bits per heavy atom. The molecule has 2 aliphatic rings. The quantitative estimate of drug-likeness (QED) is 0.626. The fourth-order valence-corrected chi connectivity index (χ4v) is 2.45. The van der Waals surface area contributed by atoms with E-state index < -0.39 is 11.5 Å². The Morgan fingerprint density at radius 1 is 1.25 bits per heavy atom. The Bertz CT molecular complexity index is 422. The van der Waals surface area contributed by atoms with Crippen LogP contribution in [0.2, 0.25) is 0 Å². The maximum absolute atomic E-state index is 12.0. The average molecular weight is 283 g/mol. The summed E-state index contributed by atoms with van der Waals surface area (Å²) in [6, 6.07) is -0.381. The molecule has 2 fully saturated rings. The monoisotopic (exact) mass is 283 g/mol. The molecule has 3 N–H and O–H groups in total. The van der Waals surface area contributed by atoms with Crippen molar-refractivity contribution in [3.8, 4) is 0 Å². The van der Waals surface area contributed by atoms with Gasteiger partial charge in [-0.15, -0.1) is 0 Å². The fourth-order valence-electron chi connectivity index (χ4n) is 2.45. The molecule has 112 valence electrons. The van der Waals surface area contributed by atoms with Crippen LogP contribution in [-0.4, -0.2) is 53.1 Å². The Morgan fingerprint density at radius 3 is 2.50 bits per heavy atom. The molecule has 1 aliphatic carbocycles. The molecule has 2 rings (SSSR count). The first-order chi connectivity index (χ1) is 9.45. The van der Waals surface area contributed by atoms with Crippen LogP contribution >= 0.6 is 0 Å². The third-order valence-corrected chi connectivity index (χ3v) is 4.00. The zero-order valence-electron chi connectivity index (χ0n) is 11.6. The van der Waals surface area contributed by atoms with Crippen molar-refractivity contribution in [1.82, 2.24) is 15.5 Å². The normalized spacial score (nSPS) is 25.4. The average Bonchev–Trinajstić information content (AvgIpc) is 3.17. The fraction of sp³-hybridized carbons (Fsp3) is 0.769. The molecule has 3 amide bonds. The molecule has 0 aromatic heterocycles. The lowest BCUT2D eigenvalue weighted by molar-refractivity contribution is -0.147. The summed E-state index contributed by atoms with van der Waals surface area (Å²) in [7, 11) is 0. The van der Waals surface area contributed by atoms with E-state index in [1.54, 1.807) is 6.92 Å². The number of urea groups is 1. The summed E-state index contributed by atoms with van der Waals surface area (Å²) in [6.07, 6.45) is 3.05. The molecule has 1 heterocycles. The first-order valence-corrected chi connectivity index (χ1v) is 7.02. The number of likely N-dealkylation sites (tertiary alicyclic amines) is 1. The number of aliphatic carboxylic acids is 1. The van der Waals surface area contributed by atoms with Gasteiger partial charge in [-0.1, -0.05) is 0 Å². The van der Waals surface area contributed by atoms with Crippen molar-refractivity contribution in [3.05, 3.63) is 0 Å². The number of carbonyl (C=O) groups is 3. The van der Waals surface area contributed by atoms with Crippen LogP contribution in [0.15, 0.2) is 0 Å². The molecule has 0 aromatic rings. The van der Waals surface area contributed by atoms with Crippen molar-refractivity contribution in [1.29, 1.82) is 0 Å². The molecule has 1 aliphatic heterocycles. The van der Waals surface area contributed by atoms with E-state index in [2.05, 4.69) is 10.6 Å². The van der Waals surface area contributed by atoms with Crippen molar-refractivity contribution in [2.45, 2.75) is 38.1 Å². The summed E-state index contributed by atoms with van der Waals surface area (Å²) in [5.41, 5.74) is -1.12. The van der Waals surface area contributed by atoms with Crippen molar-refractivity contribution < 1.29 is 19.5 Å².